The number of hydrogen-bond acceptors (Lipinski definition) is 4. The minimum Gasteiger partial charge on any atom is -0.374 e. The number of nitrogens with one attached hydrogen (secondary N) is 1. The van der Waals surface area contributed by atoms with Crippen molar-refractivity contribution in [2.45, 2.75) is 57.1 Å². The largest absolute Gasteiger partial charge is 0.374 e. The minimum atomic E-state index is -3.00. The number of ether oxygens (including phenoxy) is 1. The van der Waals surface area contributed by atoms with Crippen molar-refractivity contribution in [3.05, 3.63) is 35.4 Å². The summed E-state index contributed by atoms with van der Waals surface area (Å²) in [6.07, 6.45) is 4.09. The molecule has 1 aromatic carbocycles. The molecule has 2 heterocycles. The Hall–Kier alpha value is -1.40. The Balaban J connectivity index is 1.49. The topological polar surface area (TPSA) is 72.5 Å². The van der Waals surface area contributed by atoms with Gasteiger partial charge in [-0.25, -0.2) is 8.42 Å². The molecule has 138 valence electrons. The highest BCUT2D eigenvalue weighted by atomic mass is 32.2. The molecule has 2 saturated heterocycles. The zero-order valence-electron chi connectivity index (χ0n) is 14.8. The van der Waals surface area contributed by atoms with Gasteiger partial charge in [0, 0.05) is 19.1 Å². The third-order valence-electron chi connectivity index (χ3n) is 5.28. The van der Waals surface area contributed by atoms with Crippen LogP contribution in [-0.2, 0) is 32.2 Å². The molecule has 5 nitrogen and oxygen atoms in total. The average Bonchev–Trinajstić information content (AvgIpc) is 2.87. The van der Waals surface area contributed by atoms with E-state index in [1.54, 1.807) is 0 Å². The number of hydrogen-bond donors (Lipinski definition) is 1. The van der Waals surface area contributed by atoms with E-state index in [1.807, 2.05) is 0 Å². The predicted octanol–water partition coefficient (Wildman–Crippen LogP) is 2.03. The molecule has 25 heavy (non-hydrogen) atoms. The molecular weight excluding hydrogens is 338 g/mol. The number of amides is 1. The van der Waals surface area contributed by atoms with Crippen LogP contribution >= 0.6 is 0 Å². The van der Waals surface area contributed by atoms with E-state index < -0.39 is 15.4 Å². The van der Waals surface area contributed by atoms with E-state index in [4.69, 9.17) is 4.74 Å². The Bertz CT molecular complexity index is 713. The van der Waals surface area contributed by atoms with Gasteiger partial charge in [-0.2, -0.15) is 0 Å². The SMILES string of the molecule is CCc1ccc(CCC(=O)N[C@@H]2CCO[C@@]3(CCS(=O)(=O)C3)C2)cc1. The number of carbonyl (C=O) groups is 1. The van der Waals surface area contributed by atoms with Crippen LogP contribution in [0.3, 0.4) is 0 Å². The molecule has 1 amide bonds. The molecule has 0 aromatic heterocycles. The van der Waals surface area contributed by atoms with Gasteiger partial charge in [0.2, 0.25) is 5.91 Å². The molecule has 0 aliphatic carbocycles. The fraction of sp³-hybridized carbons (Fsp3) is 0.632. The summed E-state index contributed by atoms with van der Waals surface area (Å²) in [5.41, 5.74) is 1.88. The zero-order valence-corrected chi connectivity index (χ0v) is 15.6. The van der Waals surface area contributed by atoms with Gasteiger partial charge in [-0.3, -0.25) is 4.79 Å². The number of sulfone groups is 1. The monoisotopic (exact) mass is 365 g/mol. The number of carbonyl (C=O) groups excluding carboxylic acids is 1. The third kappa shape index (κ3) is 4.82. The summed E-state index contributed by atoms with van der Waals surface area (Å²) in [7, 11) is -3.00. The van der Waals surface area contributed by atoms with E-state index in [-0.39, 0.29) is 23.5 Å². The lowest BCUT2D eigenvalue weighted by molar-refractivity contribution is -0.124. The second kappa shape index (κ2) is 7.46. The molecule has 1 spiro atoms. The smallest absolute Gasteiger partial charge is 0.220 e. The van der Waals surface area contributed by atoms with E-state index in [0.717, 1.165) is 24.8 Å². The van der Waals surface area contributed by atoms with Crippen LogP contribution in [0.15, 0.2) is 24.3 Å². The summed E-state index contributed by atoms with van der Waals surface area (Å²) >= 11 is 0. The van der Waals surface area contributed by atoms with Crippen LogP contribution in [0.25, 0.3) is 0 Å². The molecule has 0 bridgehead atoms. The van der Waals surface area contributed by atoms with Gasteiger partial charge in [0.15, 0.2) is 9.84 Å². The molecule has 2 atom stereocenters. The maximum absolute atomic E-state index is 12.3. The molecule has 3 rings (SSSR count). The van der Waals surface area contributed by atoms with Gasteiger partial charge in [0.1, 0.15) is 0 Å². The summed E-state index contributed by atoms with van der Waals surface area (Å²) in [4.78, 5) is 12.3. The molecular formula is C19H27NO4S. The van der Waals surface area contributed by atoms with Crippen molar-refractivity contribution < 1.29 is 17.9 Å². The molecule has 0 radical (unpaired) electrons. The maximum Gasteiger partial charge on any atom is 0.220 e. The molecule has 0 saturated carbocycles. The average molecular weight is 365 g/mol. The lowest BCUT2D eigenvalue weighted by atomic mass is 9.90. The summed E-state index contributed by atoms with van der Waals surface area (Å²) in [6, 6.07) is 8.39. The summed E-state index contributed by atoms with van der Waals surface area (Å²) < 4.78 is 29.3. The standard InChI is InChI=1S/C19H27NO4S/c1-2-15-3-5-16(6-4-15)7-8-18(21)20-17-9-11-24-19(13-17)10-12-25(22,23)14-19/h3-6,17H,2,7-14H2,1H3,(H,20,21)/t17-,19+/m1/s1. The quantitative estimate of drug-likeness (QED) is 0.867. The van der Waals surface area contributed by atoms with E-state index in [0.29, 0.717) is 25.9 Å². The van der Waals surface area contributed by atoms with Crippen molar-refractivity contribution in [3.63, 3.8) is 0 Å². The summed E-state index contributed by atoms with van der Waals surface area (Å²) in [6.45, 7) is 2.64. The van der Waals surface area contributed by atoms with Crippen LogP contribution < -0.4 is 5.32 Å². The van der Waals surface area contributed by atoms with Gasteiger partial charge >= 0.3 is 0 Å². The fourth-order valence-corrected chi connectivity index (χ4v) is 5.79. The molecule has 2 aliphatic heterocycles. The highest BCUT2D eigenvalue weighted by molar-refractivity contribution is 7.91. The van der Waals surface area contributed by atoms with Gasteiger partial charge in [-0.1, -0.05) is 31.2 Å². The Morgan fingerprint density at radius 2 is 2.00 bits per heavy atom. The summed E-state index contributed by atoms with van der Waals surface area (Å²) in [5, 5.41) is 3.08. The first kappa shape index (κ1) is 18.4. The first-order chi connectivity index (χ1) is 11.9. The Kier molecular flexibility index (Phi) is 5.49. The fourth-order valence-electron chi connectivity index (χ4n) is 3.81. The molecule has 1 aromatic rings. The third-order valence-corrected chi connectivity index (χ3v) is 7.07. The van der Waals surface area contributed by atoms with Crippen molar-refractivity contribution >= 4 is 15.7 Å². The zero-order chi connectivity index (χ0) is 17.9. The van der Waals surface area contributed by atoms with Crippen molar-refractivity contribution in [1.29, 1.82) is 0 Å². The predicted molar refractivity (Wildman–Crippen MR) is 97.3 cm³/mol. The van der Waals surface area contributed by atoms with E-state index in [9.17, 15) is 13.2 Å². The Morgan fingerprint density at radius 1 is 1.28 bits per heavy atom. The van der Waals surface area contributed by atoms with Gasteiger partial charge < -0.3 is 10.1 Å². The lowest BCUT2D eigenvalue weighted by Gasteiger charge is -2.37. The van der Waals surface area contributed by atoms with E-state index in [2.05, 4.69) is 36.5 Å². The van der Waals surface area contributed by atoms with E-state index in [1.165, 1.54) is 5.56 Å². The first-order valence-corrected chi connectivity index (χ1v) is 10.9. The Morgan fingerprint density at radius 3 is 2.64 bits per heavy atom. The van der Waals surface area contributed by atoms with Gasteiger partial charge in [0.25, 0.3) is 0 Å². The van der Waals surface area contributed by atoms with Crippen molar-refractivity contribution in [2.75, 3.05) is 18.1 Å². The van der Waals surface area contributed by atoms with Crippen molar-refractivity contribution in [2.24, 2.45) is 0 Å². The normalized spacial score (nSPS) is 28.1. The Labute approximate surface area is 150 Å². The van der Waals surface area contributed by atoms with Crippen molar-refractivity contribution in [3.8, 4) is 0 Å². The molecule has 0 unspecified atom stereocenters. The van der Waals surface area contributed by atoms with Crippen LogP contribution in [0.5, 0.6) is 0 Å². The van der Waals surface area contributed by atoms with Gasteiger partial charge in [-0.05, 0) is 43.2 Å². The molecule has 2 fully saturated rings. The highest BCUT2D eigenvalue weighted by Gasteiger charge is 2.46. The van der Waals surface area contributed by atoms with E-state index >= 15 is 0 Å². The molecule has 6 heteroatoms. The van der Waals surface area contributed by atoms with Crippen LogP contribution in [0, 0.1) is 0 Å². The van der Waals surface area contributed by atoms with Gasteiger partial charge in [0.05, 0.1) is 17.1 Å². The van der Waals surface area contributed by atoms with Crippen molar-refractivity contribution in [1.82, 2.24) is 5.32 Å². The van der Waals surface area contributed by atoms with Crippen LogP contribution in [0.2, 0.25) is 0 Å². The lowest BCUT2D eigenvalue weighted by Crippen LogP contribution is -2.49. The molecule has 1 N–H and O–H groups in total. The minimum absolute atomic E-state index is 0.0111. The highest BCUT2D eigenvalue weighted by Crippen LogP contribution is 2.35. The van der Waals surface area contributed by atoms with Crippen LogP contribution in [0.1, 0.15) is 43.7 Å². The maximum atomic E-state index is 12.3. The first-order valence-electron chi connectivity index (χ1n) is 9.11. The van der Waals surface area contributed by atoms with Crippen LogP contribution in [-0.4, -0.2) is 44.1 Å². The molecule has 2 aliphatic rings. The summed E-state index contributed by atoms with van der Waals surface area (Å²) in [5.74, 6) is 0.319. The number of rotatable bonds is 5. The second-order valence-corrected chi connectivity index (χ2v) is 9.48. The van der Waals surface area contributed by atoms with Gasteiger partial charge in [-0.15, -0.1) is 0 Å². The van der Waals surface area contributed by atoms with Crippen LogP contribution in [0.4, 0.5) is 0 Å². The second-order valence-electron chi connectivity index (χ2n) is 7.30. The number of benzene rings is 1. The number of aryl methyl sites for hydroxylation is 2.